The molecular weight excluding hydrogens is 212 g/mol. The average Bonchev–Trinajstić information content (AvgIpc) is 2.32. The molecule has 88 valence electrons. The molecule has 2 aromatic rings. The van der Waals surface area contributed by atoms with Crippen molar-refractivity contribution in [1.29, 1.82) is 0 Å². The highest BCUT2D eigenvalue weighted by molar-refractivity contribution is 5.32. The van der Waals surface area contributed by atoms with Crippen molar-refractivity contribution in [3.05, 3.63) is 59.7 Å². The van der Waals surface area contributed by atoms with E-state index in [1.54, 1.807) is 24.3 Å². The van der Waals surface area contributed by atoms with Gasteiger partial charge in [-0.1, -0.05) is 31.2 Å². The minimum absolute atomic E-state index is 0.291. The lowest BCUT2D eigenvalue weighted by atomic mass is 9.93. The molecule has 2 aromatic carbocycles. The van der Waals surface area contributed by atoms with E-state index in [2.05, 4.69) is 6.92 Å². The van der Waals surface area contributed by atoms with Crippen molar-refractivity contribution in [3.8, 4) is 11.5 Å². The molecule has 0 fully saturated rings. The van der Waals surface area contributed by atoms with Crippen LogP contribution in [0, 0.1) is 0 Å². The standard InChI is InChI=1S/C15H16O2/c1-11(13-3-2-4-15(17)10-13)9-12-5-7-14(16)8-6-12/h2-8,10-11,16-17H,9H2,1H3. The molecule has 0 heterocycles. The van der Waals surface area contributed by atoms with Crippen LogP contribution in [0.15, 0.2) is 48.5 Å². The van der Waals surface area contributed by atoms with Gasteiger partial charge in [-0.2, -0.15) is 0 Å². The molecule has 0 aliphatic heterocycles. The van der Waals surface area contributed by atoms with E-state index in [1.807, 2.05) is 24.3 Å². The molecule has 2 heteroatoms. The van der Waals surface area contributed by atoms with Gasteiger partial charge in [0.25, 0.3) is 0 Å². The molecule has 0 aromatic heterocycles. The molecule has 1 atom stereocenters. The SMILES string of the molecule is CC(Cc1ccc(O)cc1)c1cccc(O)c1. The highest BCUT2D eigenvalue weighted by atomic mass is 16.3. The molecule has 0 saturated carbocycles. The predicted octanol–water partition coefficient (Wildman–Crippen LogP) is 3.44. The Hall–Kier alpha value is -1.96. The molecule has 2 N–H and O–H groups in total. The van der Waals surface area contributed by atoms with Crippen molar-refractivity contribution in [2.24, 2.45) is 0 Å². The summed E-state index contributed by atoms with van der Waals surface area (Å²) in [5, 5.41) is 18.6. The second kappa shape index (κ2) is 4.91. The molecule has 0 radical (unpaired) electrons. The Balaban J connectivity index is 2.11. The topological polar surface area (TPSA) is 40.5 Å². The predicted molar refractivity (Wildman–Crippen MR) is 68.3 cm³/mol. The van der Waals surface area contributed by atoms with Gasteiger partial charge in [0.15, 0.2) is 0 Å². The zero-order valence-corrected chi connectivity index (χ0v) is 9.80. The van der Waals surface area contributed by atoms with Crippen LogP contribution in [-0.2, 0) is 6.42 Å². The zero-order chi connectivity index (χ0) is 12.3. The summed E-state index contributed by atoms with van der Waals surface area (Å²) < 4.78 is 0. The van der Waals surface area contributed by atoms with Crippen LogP contribution in [0.4, 0.5) is 0 Å². The van der Waals surface area contributed by atoms with Gasteiger partial charge in [0.05, 0.1) is 0 Å². The van der Waals surface area contributed by atoms with Gasteiger partial charge in [0, 0.05) is 0 Å². The van der Waals surface area contributed by atoms with Crippen LogP contribution >= 0.6 is 0 Å². The minimum Gasteiger partial charge on any atom is -0.508 e. The smallest absolute Gasteiger partial charge is 0.115 e. The normalized spacial score (nSPS) is 12.3. The lowest BCUT2D eigenvalue weighted by Crippen LogP contribution is -1.97. The van der Waals surface area contributed by atoms with Crippen LogP contribution in [0.2, 0.25) is 0 Å². The van der Waals surface area contributed by atoms with E-state index >= 15 is 0 Å². The molecule has 2 nitrogen and oxygen atoms in total. The Bertz CT molecular complexity index is 489. The van der Waals surface area contributed by atoms with Crippen molar-refractivity contribution in [3.63, 3.8) is 0 Å². The third-order valence-corrected chi connectivity index (χ3v) is 2.92. The Morgan fingerprint density at radius 1 is 0.941 bits per heavy atom. The van der Waals surface area contributed by atoms with Crippen molar-refractivity contribution in [2.45, 2.75) is 19.3 Å². The van der Waals surface area contributed by atoms with Gasteiger partial charge in [-0.3, -0.25) is 0 Å². The summed E-state index contributed by atoms with van der Waals surface area (Å²) in [5.74, 6) is 0.936. The van der Waals surface area contributed by atoms with Gasteiger partial charge in [0.2, 0.25) is 0 Å². The third-order valence-electron chi connectivity index (χ3n) is 2.92. The fourth-order valence-electron chi connectivity index (χ4n) is 1.93. The second-order valence-electron chi connectivity index (χ2n) is 4.37. The maximum atomic E-state index is 9.43. The molecule has 1 unspecified atom stereocenters. The largest absolute Gasteiger partial charge is 0.508 e. The van der Waals surface area contributed by atoms with E-state index in [1.165, 1.54) is 5.56 Å². The average molecular weight is 228 g/mol. The summed E-state index contributed by atoms with van der Waals surface area (Å²) in [7, 11) is 0. The van der Waals surface area contributed by atoms with Crippen molar-refractivity contribution in [2.75, 3.05) is 0 Å². The summed E-state index contributed by atoms with van der Waals surface area (Å²) in [5.41, 5.74) is 2.30. The van der Waals surface area contributed by atoms with Gasteiger partial charge in [-0.15, -0.1) is 0 Å². The van der Waals surface area contributed by atoms with Crippen molar-refractivity contribution >= 4 is 0 Å². The lowest BCUT2D eigenvalue weighted by molar-refractivity contribution is 0.474. The van der Waals surface area contributed by atoms with E-state index in [9.17, 15) is 10.2 Å². The molecule has 0 aliphatic carbocycles. The number of phenols is 2. The number of hydrogen-bond donors (Lipinski definition) is 2. The molecule has 0 spiro atoms. The molecule has 2 rings (SSSR count). The van der Waals surface area contributed by atoms with E-state index in [4.69, 9.17) is 0 Å². The molecular formula is C15H16O2. The van der Waals surface area contributed by atoms with Gasteiger partial charge < -0.3 is 10.2 Å². The molecule has 0 bridgehead atoms. The van der Waals surface area contributed by atoms with Crippen LogP contribution in [0.5, 0.6) is 11.5 Å². The molecule has 0 saturated heterocycles. The highest BCUT2D eigenvalue weighted by Gasteiger charge is 2.07. The Kier molecular flexibility index (Phi) is 3.33. The number of hydrogen-bond acceptors (Lipinski definition) is 2. The maximum Gasteiger partial charge on any atom is 0.115 e. The summed E-state index contributed by atoms with van der Waals surface area (Å²) >= 11 is 0. The third kappa shape index (κ3) is 3.00. The summed E-state index contributed by atoms with van der Waals surface area (Å²) in [6.45, 7) is 2.13. The Morgan fingerprint density at radius 2 is 1.65 bits per heavy atom. The molecule has 17 heavy (non-hydrogen) atoms. The van der Waals surface area contributed by atoms with Gasteiger partial charge in [0.1, 0.15) is 11.5 Å². The first-order valence-corrected chi connectivity index (χ1v) is 5.72. The van der Waals surface area contributed by atoms with E-state index in [0.29, 0.717) is 17.4 Å². The first-order chi connectivity index (χ1) is 8.15. The Morgan fingerprint density at radius 3 is 2.29 bits per heavy atom. The van der Waals surface area contributed by atoms with Crippen molar-refractivity contribution < 1.29 is 10.2 Å². The first-order valence-electron chi connectivity index (χ1n) is 5.72. The number of rotatable bonds is 3. The van der Waals surface area contributed by atoms with Crippen LogP contribution < -0.4 is 0 Å². The maximum absolute atomic E-state index is 9.43. The van der Waals surface area contributed by atoms with Gasteiger partial charge >= 0.3 is 0 Å². The first kappa shape index (κ1) is 11.5. The van der Waals surface area contributed by atoms with Crippen LogP contribution in [0.25, 0.3) is 0 Å². The summed E-state index contributed by atoms with van der Waals surface area (Å²) in [6, 6.07) is 14.6. The van der Waals surface area contributed by atoms with Gasteiger partial charge in [-0.05, 0) is 47.7 Å². The second-order valence-corrected chi connectivity index (χ2v) is 4.37. The monoisotopic (exact) mass is 228 g/mol. The van der Waals surface area contributed by atoms with Crippen LogP contribution in [0.3, 0.4) is 0 Å². The van der Waals surface area contributed by atoms with Gasteiger partial charge in [-0.25, -0.2) is 0 Å². The number of benzene rings is 2. The summed E-state index contributed by atoms with van der Waals surface area (Å²) in [4.78, 5) is 0. The number of aromatic hydroxyl groups is 2. The fourth-order valence-corrected chi connectivity index (χ4v) is 1.93. The lowest BCUT2D eigenvalue weighted by Gasteiger charge is -2.12. The number of phenolic OH excluding ortho intramolecular Hbond substituents is 2. The fraction of sp³-hybridized carbons (Fsp3) is 0.200. The zero-order valence-electron chi connectivity index (χ0n) is 9.80. The van der Waals surface area contributed by atoms with E-state index in [0.717, 1.165) is 12.0 Å². The quantitative estimate of drug-likeness (QED) is 0.844. The summed E-state index contributed by atoms with van der Waals surface area (Å²) in [6.07, 6.45) is 0.893. The molecule has 0 aliphatic rings. The van der Waals surface area contributed by atoms with Crippen LogP contribution in [-0.4, -0.2) is 10.2 Å². The van der Waals surface area contributed by atoms with Crippen LogP contribution in [0.1, 0.15) is 24.0 Å². The minimum atomic E-state index is 0.291. The molecule has 0 amide bonds. The van der Waals surface area contributed by atoms with E-state index < -0.39 is 0 Å². The highest BCUT2D eigenvalue weighted by Crippen LogP contribution is 2.24. The van der Waals surface area contributed by atoms with E-state index in [-0.39, 0.29) is 0 Å². The van der Waals surface area contributed by atoms with Crippen molar-refractivity contribution in [1.82, 2.24) is 0 Å². The Labute approximate surface area is 101 Å².